The number of nitrogens with two attached hydrogens (primary N) is 1. The predicted octanol–water partition coefficient (Wildman–Crippen LogP) is -1.20. The van der Waals surface area contributed by atoms with Crippen LogP contribution in [0.4, 0.5) is 0 Å². The molecule has 1 aromatic rings. The Morgan fingerprint density at radius 1 is 1.65 bits per heavy atom. The monoisotopic (exact) mass is 240 g/mol. The lowest BCUT2D eigenvalue weighted by atomic mass is 10.4. The average molecular weight is 240 g/mol. The van der Waals surface area contributed by atoms with E-state index in [4.69, 9.17) is 5.73 Å². The van der Waals surface area contributed by atoms with E-state index in [-0.39, 0.29) is 12.5 Å². The lowest BCUT2D eigenvalue weighted by Crippen LogP contribution is -2.34. The predicted molar refractivity (Wildman–Crippen MR) is 64.1 cm³/mol. The Hall–Kier alpha value is -1.47. The van der Waals surface area contributed by atoms with Crippen LogP contribution in [-0.2, 0) is 17.9 Å². The maximum atomic E-state index is 11.5. The number of hydrogen-bond donors (Lipinski definition) is 2. The van der Waals surface area contributed by atoms with Crippen molar-refractivity contribution in [1.82, 2.24) is 25.2 Å². The van der Waals surface area contributed by atoms with Gasteiger partial charge in [-0.1, -0.05) is 12.1 Å². The highest BCUT2D eigenvalue weighted by Crippen LogP contribution is 1.90. The summed E-state index contributed by atoms with van der Waals surface area (Å²) in [4.78, 5) is 13.7. The van der Waals surface area contributed by atoms with Gasteiger partial charge in [-0.15, -0.1) is 5.10 Å². The van der Waals surface area contributed by atoms with Gasteiger partial charge in [-0.3, -0.25) is 4.79 Å². The summed E-state index contributed by atoms with van der Waals surface area (Å²) in [6.45, 7) is 5.05. The Morgan fingerprint density at radius 2 is 2.41 bits per heavy atom. The van der Waals surface area contributed by atoms with Crippen LogP contribution in [-0.4, -0.2) is 52.5 Å². The average Bonchev–Trinajstić information content (AvgIpc) is 2.76. The van der Waals surface area contributed by atoms with Crippen molar-refractivity contribution in [2.75, 3.05) is 26.7 Å². The fourth-order valence-electron chi connectivity index (χ4n) is 1.26. The minimum absolute atomic E-state index is 0.0667. The van der Waals surface area contributed by atoms with Crippen LogP contribution in [0, 0.1) is 0 Å². The van der Waals surface area contributed by atoms with Crippen LogP contribution in [0.5, 0.6) is 0 Å². The van der Waals surface area contributed by atoms with Crippen molar-refractivity contribution in [3.8, 4) is 0 Å². The molecule has 0 aliphatic carbocycles. The van der Waals surface area contributed by atoms with Gasteiger partial charge in [-0.25, -0.2) is 4.68 Å². The van der Waals surface area contributed by atoms with E-state index in [0.717, 1.165) is 13.1 Å². The molecule has 0 aliphatic rings. The van der Waals surface area contributed by atoms with Crippen LogP contribution < -0.4 is 11.1 Å². The maximum Gasteiger partial charge on any atom is 0.241 e. The molecule has 0 saturated carbocycles. The van der Waals surface area contributed by atoms with E-state index >= 15 is 0 Å². The highest BCUT2D eigenvalue weighted by atomic mass is 16.2. The van der Waals surface area contributed by atoms with Crippen molar-refractivity contribution >= 4 is 5.91 Å². The number of nitrogens with zero attached hydrogens (tertiary/aromatic N) is 4. The SMILES string of the molecule is CCN(C)CCNC(=O)Cn1cc(CN)nn1. The van der Waals surface area contributed by atoms with Gasteiger partial charge in [0, 0.05) is 19.6 Å². The summed E-state index contributed by atoms with van der Waals surface area (Å²) in [5.74, 6) is -0.0667. The van der Waals surface area contributed by atoms with Crippen LogP contribution in [0.25, 0.3) is 0 Å². The maximum absolute atomic E-state index is 11.5. The summed E-state index contributed by atoms with van der Waals surface area (Å²) in [5.41, 5.74) is 6.08. The van der Waals surface area contributed by atoms with E-state index < -0.39 is 0 Å². The molecule has 7 heteroatoms. The van der Waals surface area contributed by atoms with E-state index in [1.165, 1.54) is 4.68 Å². The van der Waals surface area contributed by atoms with Gasteiger partial charge < -0.3 is 16.0 Å². The third-order valence-electron chi connectivity index (χ3n) is 2.46. The zero-order chi connectivity index (χ0) is 12.7. The van der Waals surface area contributed by atoms with E-state index in [0.29, 0.717) is 18.8 Å². The molecule has 0 radical (unpaired) electrons. The molecule has 1 aromatic heterocycles. The van der Waals surface area contributed by atoms with Crippen LogP contribution >= 0.6 is 0 Å². The van der Waals surface area contributed by atoms with Crippen LogP contribution in [0.2, 0.25) is 0 Å². The summed E-state index contributed by atoms with van der Waals surface area (Å²) in [5, 5.41) is 10.4. The second-order valence-corrected chi connectivity index (χ2v) is 3.86. The molecular formula is C10H20N6O. The number of rotatable bonds is 7. The molecule has 1 rings (SSSR count). The number of carbonyl (C=O) groups excluding carboxylic acids is 1. The van der Waals surface area contributed by atoms with Crippen LogP contribution in [0.3, 0.4) is 0 Å². The molecule has 3 N–H and O–H groups in total. The number of hydrogen-bond acceptors (Lipinski definition) is 5. The molecule has 0 aliphatic heterocycles. The number of aromatic nitrogens is 3. The minimum Gasteiger partial charge on any atom is -0.353 e. The first-order valence-electron chi connectivity index (χ1n) is 5.70. The summed E-state index contributed by atoms with van der Waals surface area (Å²) < 4.78 is 1.49. The van der Waals surface area contributed by atoms with Crippen molar-refractivity contribution in [3.63, 3.8) is 0 Å². The lowest BCUT2D eigenvalue weighted by molar-refractivity contribution is -0.121. The number of likely N-dealkylation sites (N-methyl/N-ethyl adjacent to an activating group) is 1. The molecule has 0 fully saturated rings. The molecule has 1 heterocycles. The second kappa shape index (κ2) is 6.97. The smallest absolute Gasteiger partial charge is 0.241 e. The van der Waals surface area contributed by atoms with Gasteiger partial charge in [-0.2, -0.15) is 0 Å². The third-order valence-corrected chi connectivity index (χ3v) is 2.46. The van der Waals surface area contributed by atoms with Gasteiger partial charge in [-0.05, 0) is 13.6 Å². The van der Waals surface area contributed by atoms with Gasteiger partial charge in [0.15, 0.2) is 0 Å². The Kier molecular flexibility index (Phi) is 5.58. The van der Waals surface area contributed by atoms with E-state index in [1.807, 2.05) is 7.05 Å². The normalized spacial score (nSPS) is 10.8. The topological polar surface area (TPSA) is 89.1 Å². The zero-order valence-corrected chi connectivity index (χ0v) is 10.4. The molecule has 0 atom stereocenters. The van der Waals surface area contributed by atoms with Crippen molar-refractivity contribution in [1.29, 1.82) is 0 Å². The molecular weight excluding hydrogens is 220 g/mol. The molecule has 7 nitrogen and oxygen atoms in total. The quantitative estimate of drug-likeness (QED) is 0.625. The molecule has 0 spiro atoms. The fraction of sp³-hybridized carbons (Fsp3) is 0.700. The molecule has 0 bridgehead atoms. The van der Waals surface area contributed by atoms with E-state index in [2.05, 4.69) is 27.5 Å². The van der Waals surface area contributed by atoms with Gasteiger partial charge in [0.25, 0.3) is 0 Å². The zero-order valence-electron chi connectivity index (χ0n) is 10.4. The molecule has 96 valence electrons. The van der Waals surface area contributed by atoms with Crippen molar-refractivity contribution in [2.24, 2.45) is 5.73 Å². The summed E-state index contributed by atoms with van der Waals surface area (Å²) >= 11 is 0. The van der Waals surface area contributed by atoms with Crippen molar-refractivity contribution in [2.45, 2.75) is 20.0 Å². The van der Waals surface area contributed by atoms with Crippen molar-refractivity contribution < 1.29 is 4.79 Å². The molecule has 1 amide bonds. The van der Waals surface area contributed by atoms with Crippen LogP contribution in [0.1, 0.15) is 12.6 Å². The first-order chi connectivity index (χ1) is 8.15. The highest BCUT2D eigenvalue weighted by Gasteiger charge is 2.05. The first-order valence-corrected chi connectivity index (χ1v) is 5.70. The summed E-state index contributed by atoms with van der Waals surface area (Å²) in [7, 11) is 2.01. The first kappa shape index (κ1) is 13.6. The second-order valence-electron chi connectivity index (χ2n) is 3.86. The highest BCUT2D eigenvalue weighted by molar-refractivity contribution is 5.75. The molecule has 17 heavy (non-hydrogen) atoms. The Balaban J connectivity index is 2.25. The minimum atomic E-state index is -0.0667. The number of amides is 1. The van der Waals surface area contributed by atoms with Crippen molar-refractivity contribution in [3.05, 3.63) is 11.9 Å². The number of carbonyl (C=O) groups is 1. The lowest BCUT2D eigenvalue weighted by Gasteiger charge is -2.13. The Labute approximate surface area is 101 Å². The van der Waals surface area contributed by atoms with E-state index in [1.54, 1.807) is 6.20 Å². The molecule has 0 saturated heterocycles. The van der Waals surface area contributed by atoms with Gasteiger partial charge in [0.05, 0.1) is 11.9 Å². The van der Waals surface area contributed by atoms with Crippen LogP contribution in [0.15, 0.2) is 6.20 Å². The summed E-state index contributed by atoms with van der Waals surface area (Å²) in [6.07, 6.45) is 1.68. The van der Waals surface area contributed by atoms with Gasteiger partial charge in [0.2, 0.25) is 5.91 Å². The number of nitrogens with one attached hydrogen (secondary N) is 1. The molecule has 0 unspecified atom stereocenters. The summed E-state index contributed by atoms with van der Waals surface area (Å²) in [6, 6.07) is 0. The largest absolute Gasteiger partial charge is 0.353 e. The Morgan fingerprint density at radius 3 is 3.00 bits per heavy atom. The van der Waals surface area contributed by atoms with Gasteiger partial charge in [0.1, 0.15) is 6.54 Å². The van der Waals surface area contributed by atoms with E-state index in [9.17, 15) is 4.79 Å². The third kappa shape index (κ3) is 4.92. The van der Waals surface area contributed by atoms with Gasteiger partial charge >= 0.3 is 0 Å². The standard InChI is InChI=1S/C10H20N6O/c1-3-15(2)5-4-12-10(17)8-16-7-9(6-11)13-14-16/h7H,3-6,8,11H2,1-2H3,(H,12,17). The Bertz CT molecular complexity index is 350. The molecule has 0 aromatic carbocycles. The fourth-order valence-corrected chi connectivity index (χ4v) is 1.26.